The molecule has 1 amide bonds. The van der Waals surface area contributed by atoms with Crippen LogP contribution in [0.15, 0.2) is 34.4 Å². The molecule has 1 saturated heterocycles. The van der Waals surface area contributed by atoms with Crippen LogP contribution in [0.25, 0.3) is 0 Å². The van der Waals surface area contributed by atoms with E-state index in [4.69, 9.17) is 4.74 Å². The van der Waals surface area contributed by atoms with E-state index in [2.05, 4.69) is 15.9 Å². The number of amides is 1. The number of nitrogens with zero attached hydrogens (tertiary/aromatic N) is 2. The topological polar surface area (TPSA) is 32.8 Å². The van der Waals surface area contributed by atoms with Gasteiger partial charge in [-0.3, -0.25) is 4.79 Å². The fourth-order valence-electron chi connectivity index (χ4n) is 2.81. The molecule has 0 unspecified atom stereocenters. The fraction of sp³-hybridized carbons (Fsp3) is 0.438. The number of carbonyl (C=O) groups excluding carboxylic acids is 1. The number of benzene rings is 1. The molecule has 0 spiro atoms. The highest BCUT2D eigenvalue weighted by atomic mass is 79.9. The molecule has 0 N–H and O–H groups in total. The molecule has 0 atom stereocenters. The number of morpholine rings is 1. The number of hydrogen-bond acceptors (Lipinski definition) is 3. The summed E-state index contributed by atoms with van der Waals surface area (Å²) in [6.45, 7) is 3.18. The van der Waals surface area contributed by atoms with Gasteiger partial charge >= 0.3 is 0 Å². The summed E-state index contributed by atoms with van der Waals surface area (Å²) in [5, 5.41) is 0. The van der Waals surface area contributed by atoms with Crippen molar-refractivity contribution in [3.05, 3.63) is 40.3 Å². The molecule has 3 rings (SSSR count). The van der Waals surface area contributed by atoms with Gasteiger partial charge in [0, 0.05) is 24.1 Å². The Kier molecular flexibility index (Phi) is 4.78. The summed E-state index contributed by atoms with van der Waals surface area (Å²) in [7, 11) is 0. The van der Waals surface area contributed by atoms with E-state index in [0.29, 0.717) is 48.7 Å². The van der Waals surface area contributed by atoms with Gasteiger partial charge < -0.3 is 14.5 Å². The number of carbonyl (C=O) groups is 1. The Balaban J connectivity index is 1.88. The van der Waals surface area contributed by atoms with E-state index in [1.807, 2.05) is 11.0 Å². The molecular formula is C16H18BrFN2O2. The summed E-state index contributed by atoms with van der Waals surface area (Å²) in [5.74, 6) is -0.508. The number of rotatable bonds is 2. The smallest absolute Gasteiger partial charge is 0.274 e. The lowest BCUT2D eigenvalue weighted by Crippen LogP contribution is -2.43. The molecule has 0 aliphatic carbocycles. The molecule has 1 aromatic rings. The minimum Gasteiger partial charge on any atom is -0.378 e. The normalized spacial score (nSPS) is 19.9. The summed E-state index contributed by atoms with van der Waals surface area (Å²) in [5.41, 5.74) is 1.01. The average Bonchev–Trinajstić information content (AvgIpc) is 2.70. The number of ether oxygens (including phenoxy) is 1. The van der Waals surface area contributed by atoms with E-state index in [-0.39, 0.29) is 11.7 Å². The predicted molar refractivity (Wildman–Crippen MR) is 86.2 cm³/mol. The van der Waals surface area contributed by atoms with Crippen molar-refractivity contribution in [3.8, 4) is 0 Å². The lowest BCUT2D eigenvalue weighted by molar-refractivity contribution is -0.117. The van der Waals surface area contributed by atoms with Gasteiger partial charge in [0.25, 0.3) is 5.91 Å². The monoisotopic (exact) mass is 368 g/mol. The van der Waals surface area contributed by atoms with E-state index in [0.717, 1.165) is 12.8 Å². The van der Waals surface area contributed by atoms with Gasteiger partial charge in [0.2, 0.25) is 0 Å². The van der Waals surface area contributed by atoms with Crippen LogP contribution < -0.4 is 4.90 Å². The van der Waals surface area contributed by atoms with Crippen LogP contribution in [0, 0.1) is 5.82 Å². The number of hydrogen-bond donors (Lipinski definition) is 0. The third kappa shape index (κ3) is 3.17. The Hall–Kier alpha value is -1.40. The molecule has 1 aromatic carbocycles. The first-order chi connectivity index (χ1) is 10.7. The van der Waals surface area contributed by atoms with Crippen LogP contribution in [0.1, 0.15) is 12.8 Å². The van der Waals surface area contributed by atoms with Crippen molar-refractivity contribution >= 4 is 27.5 Å². The minimum atomic E-state index is -0.383. The van der Waals surface area contributed by atoms with Crippen LogP contribution in [0.5, 0.6) is 0 Å². The van der Waals surface area contributed by atoms with Gasteiger partial charge in [-0.1, -0.05) is 22.0 Å². The summed E-state index contributed by atoms with van der Waals surface area (Å²) < 4.78 is 20.2. The molecule has 0 bridgehead atoms. The Bertz CT molecular complexity index is 600. The molecule has 0 radical (unpaired) electrons. The SMILES string of the molecule is O=C1C(N2CCOCC2)=CCCCN1c1ccc(Br)cc1F. The van der Waals surface area contributed by atoms with Crippen molar-refractivity contribution in [2.75, 3.05) is 37.7 Å². The molecule has 2 heterocycles. The Morgan fingerprint density at radius 2 is 1.95 bits per heavy atom. The zero-order valence-corrected chi connectivity index (χ0v) is 13.8. The van der Waals surface area contributed by atoms with Gasteiger partial charge in [-0.05, 0) is 31.0 Å². The Labute approximate surface area is 137 Å². The second-order valence-corrected chi connectivity index (χ2v) is 6.30. The first-order valence-corrected chi connectivity index (χ1v) is 8.26. The van der Waals surface area contributed by atoms with Gasteiger partial charge in [-0.15, -0.1) is 0 Å². The van der Waals surface area contributed by atoms with Crippen molar-refractivity contribution in [2.24, 2.45) is 0 Å². The van der Waals surface area contributed by atoms with Crippen molar-refractivity contribution < 1.29 is 13.9 Å². The van der Waals surface area contributed by atoms with Crippen LogP contribution in [0.4, 0.5) is 10.1 Å². The molecule has 0 saturated carbocycles. The Morgan fingerprint density at radius 3 is 2.68 bits per heavy atom. The lowest BCUT2D eigenvalue weighted by Gasteiger charge is -2.32. The quantitative estimate of drug-likeness (QED) is 0.804. The van der Waals surface area contributed by atoms with Crippen LogP contribution in [-0.4, -0.2) is 43.7 Å². The van der Waals surface area contributed by atoms with E-state index < -0.39 is 0 Å². The first-order valence-electron chi connectivity index (χ1n) is 7.46. The van der Waals surface area contributed by atoms with E-state index in [1.165, 1.54) is 6.07 Å². The maximum atomic E-state index is 14.2. The maximum absolute atomic E-state index is 14.2. The molecule has 2 aliphatic rings. The minimum absolute atomic E-state index is 0.124. The summed E-state index contributed by atoms with van der Waals surface area (Å²) >= 11 is 3.25. The number of halogens is 2. The largest absolute Gasteiger partial charge is 0.378 e. The molecule has 6 heteroatoms. The van der Waals surface area contributed by atoms with E-state index in [1.54, 1.807) is 17.0 Å². The van der Waals surface area contributed by atoms with Crippen LogP contribution in [-0.2, 0) is 9.53 Å². The van der Waals surface area contributed by atoms with Gasteiger partial charge in [-0.25, -0.2) is 4.39 Å². The van der Waals surface area contributed by atoms with Gasteiger partial charge in [0.1, 0.15) is 5.82 Å². The van der Waals surface area contributed by atoms with Crippen molar-refractivity contribution in [1.29, 1.82) is 0 Å². The molecule has 22 heavy (non-hydrogen) atoms. The third-order valence-electron chi connectivity index (χ3n) is 3.94. The second kappa shape index (κ2) is 6.79. The van der Waals surface area contributed by atoms with E-state index >= 15 is 0 Å². The molecule has 0 aromatic heterocycles. The molecule has 1 fully saturated rings. The van der Waals surface area contributed by atoms with Crippen molar-refractivity contribution in [2.45, 2.75) is 12.8 Å². The average molecular weight is 369 g/mol. The summed E-state index contributed by atoms with van der Waals surface area (Å²) in [6, 6.07) is 4.81. The molecule has 4 nitrogen and oxygen atoms in total. The van der Waals surface area contributed by atoms with E-state index in [9.17, 15) is 9.18 Å². The number of anilines is 1. The van der Waals surface area contributed by atoms with Gasteiger partial charge in [0.15, 0.2) is 0 Å². The molecular weight excluding hydrogens is 351 g/mol. The zero-order valence-electron chi connectivity index (χ0n) is 12.2. The maximum Gasteiger partial charge on any atom is 0.274 e. The van der Waals surface area contributed by atoms with Crippen LogP contribution in [0.3, 0.4) is 0 Å². The lowest BCUT2D eigenvalue weighted by atomic mass is 10.2. The highest BCUT2D eigenvalue weighted by molar-refractivity contribution is 9.10. The van der Waals surface area contributed by atoms with Crippen LogP contribution >= 0.6 is 15.9 Å². The summed E-state index contributed by atoms with van der Waals surface area (Å²) in [6.07, 6.45) is 3.63. The molecule has 2 aliphatic heterocycles. The third-order valence-corrected chi connectivity index (χ3v) is 4.43. The zero-order chi connectivity index (χ0) is 15.5. The van der Waals surface area contributed by atoms with Crippen molar-refractivity contribution in [3.63, 3.8) is 0 Å². The van der Waals surface area contributed by atoms with Crippen LogP contribution in [0.2, 0.25) is 0 Å². The second-order valence-electron chi connectivity index (χ2n) is 5.38. The summed E-state index contributed by atoms with van der Waals surface area (Å²) in [4.78, 5) is 16.5. The molecule has 118 valence electrons. The Morgan fingerprint density at radius 1 is 1.18 bits per heavy atom. The van der Waals surface area contributed by atoms with Crippen molar-refractivity contribution in [1.82, 2.24) is 4.90 Å². The fourth-order valence-corrected chi connectivity index (χ4v) is 3.15. The number of allylic oxidation sites excluding steroid dienone is 1. The van der Waals surface area contributed by atoms with Gasteiger partial charge in [0.05, 0.1) is 24.6 Å². The highest BCUT2D eigenvalue weighted by Crippen LogP contribution is 2.27. The highest BCUT2D eigenvalue weighted by Gasteiger charge is 2.28. The first kappa shape index (κ1) is 15.5. The standard InChI is InChI=1S/C16H18BrFN2O2/c17-12-4-5-14(13(18)11-12)20-6-2-1-3-15(16(20)21)19-7-9-22-10-8-19/h3-5,11H,1-2,6-10H2. The predicted octanol–water partition coefficient (Wildman–Crippen LogP) is 2.93. The van der Waals surface area contributed by atoms with Gasteiger partial charge in [-0.2, -0.15) is 0 Å².